The third kappa shape index (κ3) is 3.53. The van der Waals surface area contributed by atoms with E-state index < -0.39 is 0 Å². The lowest BCUT2D eigenvalue weighted by Crippen LogP contribution is -2.10. The molecule has 0 aromatic heterocycles. The van der Waals surface area contributed by atoms with Crippen LogP contribution in [0.25, 0.3) is 0 Å². The zero-order chi connectivity index (χ0) is 10.4. The standard InChI is InChI=1S/C10H12N4/c11-9(12)6-7-10(13)14-8-4-2-1-3-5-8/h1-7H,(H3,11,12)(H2,13,14)/b7-6-. The second-order valence-electron chi connectivity index (χ2n) is 2.66. The van der Waals surface area contributed by atoms with Crippen LogP contribution in [-0.4, -0.2) is 11.7 Å². The fraction of sp³-hybridized carbons (Fsp3) is 0. The second-order valence-corrected chi connectivity index (χ2v) is 2.66. The van der Waals surface area contributed by atoms with E-state index in [2.05, 4.69) is 4.99 Å². The normalized spacial score (nSPS) is 11.9. The summed E-state index contributed by atoms with van der Waals surface area (Å²) in [6.07, 6.45) is 2.89. The minimum atomic E-state index is -0.0452. The molecule has 0 fully saturated rings. The van der Waals surface area contributed by atoms with Crippen molar-refractivity contribution in [1.29, 1.82) is 5.41 Å². The molecule has 4 heteroatoms. The van der Waals surface area contributed by atoms with Gasteiger partial charge >= 0.3 is 0 Å². The molecule has 1 aromatic rings. The first-order valence-electron chi connectivity index (χ1n) is 4.10. The fourth-order valence-electron chi connectivity index (χ4n) is 0.864. The maximum atomic E-state index is 6.95. The average Bonchev–Trinajstić information content (AvgIpc) is 2.16. The summed E-state index contributed by atoms with van der Waals surface area (Å²) in [6.45, 7) is 0. The minimum absolute atomic E-state index is 0.0452. The molecule has 0 heterocycles. The van der Waals surface area contributed by atoms with Crippen molar-refractivity contribution >= 4 is 17.4 Å². The van der Waals surface area contributed by atoms with Gasteiger partial charge in [-0.25, -0.2) is 4.99 Å². The van der Waals surface area contributed by atoms with Crippen LogP contribution in [0.1, 0.15) is 0 Å². The molecule has 0 aliphatic carbocycles. The van der Waals surface area contributed by atoms with E-state index in [1.807, 2.05) is 30.3 Å². The lowest BCUT2D eigenvalue weighted by Gasteiger charge is -1.93. The van der Waals surface area contributed by atoms with Gasteiger partial charge < -0.3 is 11.5 Å². The van der Waals surface area contributed by atoms with Crippen LogP contribution in [0.3, 0.4) is 0 Å². The van der Waals surface area contributed by atoms with Crippen LogP contribution in [0.4, 0.5) is 5.69 Å². The predicted octanol–water partition coefficient (Wildman–Crippen LogP) is 1.17. The van der Waals surface area contributed by atoms with Crippen LogP contribution in [0.2, 0.25) is 0 Å². The van der Waals surface area contributed by atoms with E-state index in [1.165, 1.54) is 12.2 Å². The first-order valence-corrected chi connectivity index (χ1v) is 4.10. The van der Waals surface area contributed by atoms with Gasteiger partial charge in [0.05, 0.1) is 5.69 Å². The summed E-state index contributed by atoms with van der Waals surface area (Å²) in [4.78, 5) is 4.09. The molecule has 4 nitrogen and oxygen atoms in total. The number of hydrogen-bond donors (Lipinski definition) is 3. The van der Waals surface area contributed by atoms with Crippen molar-refractivity contribution in [2.75, 3.05) is 0 Å². The van der Waals surface area contributed by atoms with Crippen molar-refractivity contribution in [3.8, 4) is 0 Å². The lowest BCUT2D eigenvalue weighted by molar-refractivity contribution is 1.46. The molecule has 0 atom stereocenters. The number of benzene rings is 1. The third-order valence-corrected chi connectivity index (χ3v) is 1.45. The molecule has 0 saturated heterocycles. The molecule has 0 aliphatic rings. The summed E-state index contributed by atoms with van der Waals surface area (Å²) in [6, 6.07) is 9.34. The molecular weight excluding hydrogens is 176 g/mol. The van der Waals surface area contributed by atoms with Gasteiger partial charge in [0.2, 0.25) is 0 Å². The van der Waals surface area contributed by atoms with E-state index in [0.717, 1.165) is 5.69 Å². The zero-order valence-corrected chi connectivity index (χ0v) is 7.64. The van der Waals surface area contributed by atoms with Crippen molar-refractivity contribution in [2.24, 2.45) is 16.5 Å². The molecular formula is C10H12N4. The van der Waals surface area contributed by atoms with Gasteiger partial charge in [-0.2, -0.15) is 0 Å². The quantitative estimate of drug-likeness (QED) is 0.491. The summed E-state index contributed by atoms with van der Waals surface area (Å²) < 4.78 is 0. The summed E-state index contributed by atoms with van der Waals surface area (Å²) >= 11 is 0. The number of amidine groups is 2. The molecule has 0 saturated carbocycles. The van der Waals surface area contributed by atoms with Crippen LogP contribution in [0.5, 0.6) is 0 Å². The molecule has 0 amide bonds. The van der Waals surface area contributed by atoms with Crippen LogP contribution >= 0.6 is 0 Å². The van der Waals surface area contributed by atoms with E-state index >= 15 is 0 Å². The average molecular weight is 188 g/mol. The Kier molecular flexibility index (Phi) is 3.43. The molecule has 0 bridgehead atoms. The van der Waals surface area contributed by atoms with Gasteiger partial charge in [-0.05, 0) is 24.3 Å². The van der Waals surface area contributed by atoms with Crippen molar-refractivity contribution in [3.05, 3.63) is 42.5 Å². The number of hydrogen-bond acceptors (Lipinski definition) is 2. The Hall–Kier alpha value is -2.10. The number of nitrogens with one attached hydrogen (secondary N) is 1. The SMILES string of the molecule is N=C(N)/C=C\C(N)=Nc1ccccc1. The fourth-order valence-corrected chi connectivity index (χ4v) is 0.864. The zero-order valence-electron chi connectivity index (χ0n) is 7.64. The monoisotopic (exact) mass is 188 g/mol. The lowest BCUT2D eigenvalue weighted by atomic mass is 10.3. The highest BCUT2D eigenvalue weighted by molar-refractivity contribution is 6.00. The largest absolute Gasteiger partial charge is 0.384 e. The minimum Gasteiger partial charge on any atom is -0.384 e. The Balaban J connectivity index is 2.74. The van der Waals surface area contributed by atoms with Gasteiger partial charge in [0.15, 0.2) is 0 Å². The van der Waals surface area contributed by atoms with Gasteiger partial charge in [0, 0.05) is 0 Å². The predicted molar refractivity (Wildman–Crippen MR) is 58.8 cm³/mol. The summed E-state index contributed by atoms with van der Waals surface area (Å²) in [7, 11) is 0. The number of nitrogens with zero attached hydrogens (tertiary/aromatic N) is 1. The van der Waals surface area contributed by atoms with E-state index in [1.54, 1.807) is 0 Å². The third-order valence-electron chi connectivity index (χ3n) is 1.45. The highest BCUT2D eigenvalue weighted by Gasteiger charge is 1.88. The summed E-state index contributed by atoms with van der Waals surface area (Å²) in [5.41, 5.74) is 11.5. The van der Waals surface area contributed by atoms with E-state index in [4.69, 9.17) is 16.9 Å². The van der Waals surface area contributed by atoms with Crippen LogP contribution in [-0.2, 0) is 0 Å². The molecule has 5 N–H and O–H groups in total. The van der Waals surface area contributed by atoms with Crippen LogP contribution in [0, 0.1) is 5.41 Å². The maximum absolute atomic E-state index is 6.95. The van der Waals surface area contributed by atoms with Crippen molar-refractivity contribution in [1.82, 2.24) is 0 Å². The molecule has 0 radical (unpaired) electrons. The number of para-hydroxylation sites is 1. The second kappa shape index (κ2) is 4.81. The topological polar surface area (TPSA) is 88.2 Å². The van der Waals surface area contributed by atoms with E-state index in [0.29, 0.717) is 5.84 Å². The molecule has 1 aromatic carbocycles. The summed E-state index contributed by atoms with van der Waals surface area (Å²) in [5, 5.41) is 6.95. The smallest absolute Gasteiger partial charge is 0.124 e. The Morgan fingerprint density at radius 3 is 2.36 bits per heavy atom. The molecule has 0 aliphatic heterocycles. The molecule has 0 unspecified atom stereocenters. The van der Waals surface area contributed by atoms with Gasteiger partial charge in [-0.3, -0.25) is 5.41 Å². The Morgan fingerprint density at radius 1 is 1.14 bits per heavy atom. The van der Waals surface area contributed by atoms with Crippen molar-refractivity contribution in [2.45, 2.75) is 0 Å². The van der Waals surface area contributed by atoms with Gasteiger partial charge in [-0.15, -0.1) is 0 Å². The number of aliphatic imine (C=N–C) groups is 1. The van der Waals surface area contributed by atoms with E-state index in [9.17, 15) is 0 Å². The molecule has 1 rings (SSSR count). The van der Waals surface area contributed by atoms with Crippen molar-refractivity contribution in [3.63, 3.8) is 0 Å². The van der Waals surface area contributed by atoms with Gasteiger partial charge in [-0.1, -0.05) is 18.2 Å². The van der Waals surface area contributed by atoms with Gasteiger partial charge in [0.25, 0.3) is 0 Å². The molecule has 72 valence electrons. The maximum Gasteiger partial charge on any atom is 0.124 e. The first kappa shape index (κ1) is 9.98. The van der Waals surface area contributed by atoms with Crippen molar-refractivity contribution < 1.29 is 0 Å². The first-order chi connectivity index (χ1) is 6.68. The highest BCUT2D eigenvalue weighted by atomic mass is 14.8. The Bertz CT molecular complexity index is 365. The van der Waals surface area contributed by atoms with E-state index in [-0.39, 0.29) is 5.84 Å². The Labute approximate surface area is 82.5 Å². The molecule has 14 heavy (non-hydrogen) atoms. The number of nitrogens with two attached hydrogens (primary N) is 2. The molecule has 0 spiro atoms. The van der Waals surface area contributed by atoms with Gasteiger partial charge in [0.1, 0.15) is 11.7 Å². The van der Waals surface area contributed by atoms with Crippen LogP contribution < -0.4 is 11.5 Å². The highest BCUT2D eigenvalue weighted by Crippen LogP contribution is 2.09. The summed E-state index contributed by atoms with van der Waals surface area (Å²) in [5.74, 6) is 0.280. The van der Waals surface area contributed by atoms with Crippen LogP contribution in [0.15, 0.2) is 47.5 Å². The number of rotatable bonds is 3. The Morgan fingerprint density at radius 2 is 1.79 bits per heavy atom.